The van der Waals surface area contributed by atoms with Crippen LogP contribution in [0.25, 0.3) is 5.70 Å². The number of anilines is 1. The highest BCUT2D eigenvalue weighted by atomic mass is 32.3. The number of hydrogen-bond donors (Lipinski definition) is 2. The van der Waals surface area contributed by atoms with E-state index in [1.54, 1.807) is 37.4 Å². The van der Waals surface area contributed by atoms with Crippen LogP contribution >= 0.6 is 11.3 Å². The Balaban J connectivity index is 1.40. The average molecular weight is 609 g/mol. The predicted octanol–water partition coefficient (Wildman–Crippen LogP) is 5.54. The Bertz CT molecular complexity index is 1880. The summed E-state index contributed by atoms with van der Waals surface area (Å²) in [6.07, 6.45) is 2.28. The fraction of sp³-hybridized carbons (Fsp3) is 0.167. The Morgan fingerprint density at radius 2 is 1.66 bits per heavy atom. The van der Waals surface area contributed by atoms with E-state index in [1.165, 1.54) is 42.5 Å². The van der Waals surface area contributed by atoms with Crippen LogP contribution in [0.2, 0.25) is 0 Å². The molecule has 1 aromatic heterocycles. The first-order valence-corrected chi connectivity index (χ1v) is 16.4. The molecule has 0 unspecified atom stereocenters. The standard InChI is InChI=1S/C30H28N2O6S3/c1-30(2)19-21-12-13-23(38-3)17-25(21)26(31-30)18-27(33)20-8-7-9-22(16-20)32-41(36,37)29-15-14-28(39-29)40(34,35)24-10-5-4-6-11-24/h4-18,31-32H,19H2,1-3H3. The minimum atomic E-state index is -4.12. The number of hydrogen-bond acceptors (Lipinski definition) is 8. The second kappa shape index (κ2) is 10.8. The highest BCUT2D eigenvalue weighted by Crippen LogP contribution is 2.33. The number of sulfonamides is 1. The molecule has 8 nitrogen and oxygen atoms in total. The molecule has 5 rings (SSSR count). The van der Waals surface area contributed by atoms with Gasteiger partial charge in [0.25, 0.3) is 10.0 Å². The summed E-state index contributed by atoms with van der Waals surface area (Å²) in [6.45, 7) is 4.10. The number of benzene rings is 3. The van der Waals surface area contributed by atoms with Gasteiger partial charge in [0.1, 0.15) is 14.2 Å². The SMILES string of the molecule is COc1ccc2c(c1)C(=CC(=O)c1cccc(NS(=O)(=O)c3ccc(S(=O)(=O)c4ccccc4)s3)c1)NC(C)(C)C2. The van der Waals surface area contributed by atoms with Crippen LogP contribution in [-0.4, -0.2) is 35.3 Å². The third-order valence-electron chi connectivity index (χ3n) is 6.53. The quantitative estimate of drug-likeness (QED) is 0.199. The van der Waals surface area contributed by atoms with Gasteiger partial charge in [-0.05, 0) is 74.4 Å². The first kappa shape index (κ1) is 28.6. The number of carbonyl (C=O) groups excluding carboxylic acids is 1. The zero-order chi connectivity index (χ0) is 29.4. The Labute approximate surface area is 243 Å². The Morgan fingerprint density at radius 3 is 2.39 bits per heavy atom. The highest BCUT2D eigenvalue weighted by Gasteiger charge is 2.29. The van der Waals surface area contributed by atoms with Crippen LogP contribution in [0, 0.1) is 0 Å². The molecule has 11 heteroatoms. The van der Waals surface area contributed by atoms with E-state index in [2.05, 4.69) is 23.9 Å². The molecular weight excluding hydrogens is 581 g/mol. The molecule has 0 saturated carbocycles. The number of carbonyl (C=O) groups is 1. The smallest absolute Gasteiger partial charge is 0.271 e. The molecule has 212 valence electrons. The lowest BCUT2D eigenvalue weighted by atomic mass is 9.85. The molecule has 0 amide bonds. The number of fused-ring (bicyclic) bond motifs is 1. The van der Waals surface area contributed by atoms with Crippen LogP contribution in [0.4, 0.5) is 5.69 Å². The third kappa shape index (κ3) is 6.07. The van der Waals surface area contributed by atoms with Crippen molar-refractivity contribution in [3.05, 3.63) is 108 Å². The van der Waals surface area contributed by atoms with Crippen molar-refractivity contribution in [1.82, 2.24) is 5.32 Å². The maximum absolute atomic E-state index is 13.3. The molecule has 0 saturated heterocycles. The van der Waals surface area contributed by atoms with Gasteiger partial charge in [-0.15, -0.1) is 11.3 Å². The van der Waals surface area contributed by atoms with Gasteiger partial charge in [0, 0.05) is 34.1 Å². The summed E-state index contributed by atoms with van der Waals surface area (Å²) in [7, 11) is -6.39. The molecule has 0 spiro atoms. The lowest BCUT2D eigenvalue weighted by Crippen LogP contribution is -2.43. The van der Waals surface area contributed by atoms with Crippen molar-refractivity contribution in [2.24, 2.45) is 0 Å². The van der Waals surface area contributed by atoms with Crippen molar-refractivity contribution in [2.45, 2.75) is 39.1 Å². The zero-order valence-corrected chi connectivity index (χ0v) is 25.0. The van der Waals surface area contributed by atoms with E-state index in [1.807, 2.05) is 18.2 Å². The van der Waals surface area contributed by atoms with Crippen LogP contribution in [0.3, 0.4) is 0 Å². The molecule has 0 fully saturated rings. The molecule has 0 radical (unpaired) electrons. The van der Waals surface area contributed by atoms with E-state index < -0.39 is 19.9 Å². The van der Waals surface area contributed by atoms with Gasteiger partial charge in [0.2, 0.25) is 9.84 Å². The summed E-state index contributed by atoms with van der Waals surface area (Å²) in [6, 6.07) is 22.3. The summed E-state index contributed by atoms with van der Waals surface area (Å²) in [4.78, 5) is 13.4. The minimum Gasteiger partial charge on any atom is -0.497 e. The number of rotatable bonds is 8. The van der Waals surface area contributed by atoms with Crippen LogP contribution in [0.1, 0.15) is 35.3 Å². The number of thiophene rings is 1. The average Bonchev–Trinajstić information content (AvgIpc) is 3.45. The number of methoxy groups -OCH3 is 1. The molecule has 1 aliphatic heterocycles. The van der Waals surface area contributed by atoms with E-state index in [-0.39, 0.29) is 35.9 Å². The lowest BCUT2D eigenvalue weighted by molar-refractivity contribution is 0.104. The molecule has 3 aromatic carbocycles. The number of nitrogens with one attached hydrogen (secondary N) is 2. The van der Waals surface area contributed by atoms with E-state index in [4.69, 9.17) is 4.74 Å². The number of ether oxygens (including phenoxy) is 1. The summed E-state index contributed by atoms with van der Waals surface area (Å²) in [5.41, 5.74) is 2.78. The first-order valence-electron chi connectivity index (χ1n) is 12.6. The van der Waals surface area contributed by atoms with Crippen molar-refractivity contribution < 1.29 is 26.4 Å². The minimum absolute atomic E-state index is 0.0796. The second-order valence-corrected chi connectivity index (χ2v) is 15.4. The Hall–Kier alpha value is -3.93. The van der Waals surface area contributed by atoms with Crippen molar-refractivity contribution in [1.29, 1.82) is 0 Å². The van der Waals surface area contributed by atoms with Crippen molar-refractivity contribution in [3.8, 4) is 5.75 Å². The van der Waals surface area contributed by atoms with Gasteiger partial charge in [-0.25, -0.2) is 16.8 Å². The number of sulfone groups is 1. The maximum Gasteiger partial charge on any atom is 0.271 e. The molecule has 41 heavy (non-hydrogen) atoms. The van der Waals surface area contributed by atoms with Gasteiger partial charge in [0.15, 0.2) is 5.78 Å². The summed E-state index contributed by atoms with van der Waals surface area (Å²) in [5.74, 6) is 0.362. The van der Waals surface area contributed by atoms with Crippen LogP contribution in [0.5, 0.6) is 5.75 Å². The zero-order valence-electron chi connectivity index (χ0n) is 22.5. The molecule has 2 N–H and O–H groups in total. The van der Waals surface area contributed by atoms with Gasteiger partial charge >= 0.3 is 0 Å². The van der Waals surface area contributed by atoms with Crippen molar-refractivity contribution in [3.63, 3.8) is 0 Å². The fourth-order valence-corrected chi connectivity index (χ4v) is 8.86. The van der Waals surface area contributed by atoms with Gasteiger partial charge in [-0.1, -0.05) is 36.4 Å². The number of allylic oxidation sites excluding steroid dienone is 1. The summed E-state index contributed by atoms with van der Waals surface area (Å²) < 4.78 is 59.7. The van der Waals surface area contributed by atoms with E-state index in [0.717, 1.165) is 17.5 Å². The van der Waals surface area contributed by atoms with E-state index in [9.17, 15) is 21.6 Å². The monoisotopic (exact) mass is 608 g/mol. The van der Waals surface area contributed by atoms with Crippen molar-refractivity contribution >= 4 is 48.4 Å². The summed E-state index contributed by atoms with van der Waals surface area (Å²) >= 11 is 0.657. The largest absolute Gasteiger partial charge is 0.497 e. The molecule has 2 heterocycles. The Morgan fingerprint density at radius 1 is 0.927 bits per heavy atom. The van der Waals surface area contributed by atoms with Gasteiger partial charge in [-0.3, -0.25) is 9.52 Å². The predicted molar refractivity (Wildman–Crippen MR) is 160 cm³/mol. The summed E-state index contributed by atoms with van der Waals surface area (Å²) in [5, 5.41) is 3.43. The van der Waals surface area contributed by atoms with Crippen LogP contribution in [0.15, 0.2) is 104 Å². The topological polar surface area (TPSA) is 119 Å². The molecule has 4 aromatic rings. The fourth-order valence-electron chi connectivity index (χ4n) is 4.62. The van der Waals surface area contributed by atoms with E-state index in [0.29, 0.717) is 22.8 Å². The second-order valence-electron chi connectivity index (χ2n) is 10.2. The van der Waals surface area contributed by atoms with Crippen LogP contribution < -0.4 is 14.8 Å². The molecule has 0 atom stereocenters. The molecule has 1 aliphatic rings. The van der Waals surface area contributed by atoms with Crippen molar-refractivity contribution in [2.75, 3.05) is 11.8 Å². The first-order chi connectivity index (χ1) is 19.4. The van der Waals surface area contributed by atoms with Gasteiger partial charge in [0.05, 0.1) is 12.0 Å². The Kier molecular flexibility index (Phi) is 7.54. The highest BCUT2D eigenvalue weighted by molar-refractivity contribution is 7.96. The molecule has 0 aliphatic carbocycles. The van der Waals surface area contributed by atoms with Gasteiger partial charge < -0.3 is 10.1 Å². The normalized spacial score (nSPS) is 15.5. The molecular formula is C30H28N2O6S3. The van der Waals surface area contributed by atoms with Gasteiger partial charge in [-0.2, -0.15) is 0 Å². The lowest BCUT2D eigenvalue weighted by Gasteiger charge is -2.35. The number of ketones is 1. The van der Waals surface area contributed by atoms with Crippen LogP contribution in [-0.2, 0) is 26.3 Å². The van der Waals surface area contributed by atoms with E-state index >= 15 is 0 Å². The molecule has 0 bridgehead atoms. The maximum atomic E-state index is 13.3. The third-order valence-corrected chi connectivity index (χ3v) is 11.7.